The lowest BCUT2D eigenvalue weighted by Crippen LogP contribution is -2.27. The van der Waals surface area contributed by atoms with E-state index in [1.165, 1.54) is 0 Å². The Morgan fingerprint density at radius 1 is 1.12 bits per heavy atom. The van der Waals surface area contributed by atoms with Gasteiger partial charge in [-0.15, -0.1) is 0 Å². The van der Waals surface area contributed by atoms with Crippen molar-refractivity contribution in [3.63, 3.8) is 0 Å². The van der Waals surface area contributed by atoms with Gasteiger partial charge in [0.05, 0.1) is 24.1 Å². The van der Waals surface area contributed by atoms with Crippen LogP contribution < -0.4 is 9.46 Å². The number of nitrogens with zero attached hydrogens (tertiary/aromatic N) is 1. The van der Waals surface area contributed by atoms with Crippen LogP contribution in [0.4, 0.5) is 5.69 Å². The van der Waals surface area contributed by atoms with Gasteiger partial charge in [-0.1, -0.05) is 24.3 Å². The van der Waals surface area contributed by atoms with Gasteiger partial charge in [0.25, 0.3) is 5.91 Å². The summed E-state index contributed by atoms with van der Waals surface area (Å²) in [5.41, 5.74) is 1.53. The molecule has 1 N–H and O–H groups in total. The van der Waals surface area contributed by atoms with Gasteiger partial charge < -0.3 is 9.64 Å². The number of hydrogen-bond donors (Lipinski definition) is 1. The molecule has 0 heterocycles. The van der Waals surface area contributed by atoms with E-state index in [1.807, 2.05) is 31.2 Å². The van der Waals surface area contributed by atoms with E-state index < -0.39 is 10.0 Å². The van der Waals surface area contributed by atoms with Crippen molar-refractivity contribution in [2.24, 2.45) is 0 Å². The summed E-state index contributed by atoms with van der Waals surface area (Å²) in [7, 11) is -1.79. The number of carbonyl (C=O) groups excluding carboxylic acids is 1. The van der Waals surface area contributed by atoms with Crippen LogP contribution in [0.15, 0.2) is 48.5 Å². The summed E-state index contributed by atoms with van der Waals surface area (Å²) in [5.74, 6) is 0.517. The monoisotopic (exact) mass is 362 g/mol. The first-order valence-corrected chi connectivity index (χ1v) is 9.73. The second-order valence-corrected chi connectivity index (χ2v) is 7.41. The molecule has 0 aliphatic heterocycles. The predicted molar refractivity (Wildman–Crippen MR) is 98.3 cm³/mol. The van der Waals surface area contributed by atoms with Crippen LogP contribution in [0.2, 0.25) is 0 Å². The van der Waals surface area contributed by atoms with Crippen molar-refractivity contribution >= 4 is 21.6 Å². The highest BCUT2D eigenvalue weighted by Gasteiger charge is 2.17. The first-order chi connectivity index (χ1) is 11.8. The number of anilines is 1. The number of carbonyl (C=O) groups is 1. The number of benzene rings is 2. The Labute approximate surface area is 148 Å². The molecule has 0 spiro atoms. The molecule has 0 fully saturated rings. The zero-order valence-electron chi connectivity index (χ0n) is 14.5. The van der Waals surface area contributed by atoms with Gasteiger partial charge in [-0.25, -0.2) is 8.42 Å². The quantitative estimate of drug-likeness (QED) is 0.822. The molecular weight excluding hydrogens is 340 g/mol. The molecule has 0 aliphatic rings. The van der Waals surface area contributed by atoms with Gasteiger partial charge in [0.2, 0.25) is 10.0 Å². The van der Waals surface area contributed by atoms with Crippen molar-refractivity contribution in [2.45, 2.75) is 13.5 Å². The molecule has 2 aromatic carbocycles. The van der Waals surface area contributed by atoms with Crippen LogP contribution in [-0.2, 0) is 16.6 Å². The molecule has 0 radical (unpaired) electrons. The van der Waals surface area contributed by atoms with Crippen molar-refractivity contribution in [3.05, 3.63) is 59.7 Å². The fourth-order valence-electron chi connectivity index (χ4n) is 2.37. The molecule has 25 heavy (non-hydrogen) atoms. The average Bonchev–Trinajstić information content (AvgIpc) is 2.55. The van der Waals surface area contributed by atoms with E-state index in [0.29, 0.717) is 18.7 Å². The van der Waals surface area contributed by atoms with E-state index in [1.54, 1.807) is 36.2 Å². The summed E-state index contributed by atoms with van der Waals surface area (Å²) >= 11 is 0. The summed E-state index contributed by atoms with van der Waals surface area (Å²) in [6, 6.07) is 14.1. The zero-order chi connectivity index (χ0) is 18.4. The molecule has 2 rings (SSSR count). The standard InChI is InChI=1S/C18H22N2O4S/c1-4-24-15-11-9-14(10-12-15)13-20(2)18(21)16-7-5-6-8-17(16)19-25(3,22)23/h5-12,19H,4,13H2,1-3H3. The normalized spacial score (nSPS) is 11.0. The number of nitrogens with one attached hydrogen (secondary N) is 1. The van der Waals surface area contributed by atoms with Crippen molar-refractivity contribution in [1.82, 2.24) is 4.90 Å². The second-order valence-electron chi connectivity index (χ2n) is 5.66. The minimum Gasteiger partial charge on any atom is -0.494 e. The number of amides is 1. The Morgan fingerprint density at radius 3 is 2.36 bits per heavy atom. The fourth-order valence-corrected chi connectivity index (χ4v) is 2.94. The van der Waals surface area contributed by atoms with Gasteiger partial charge in [0.1, 0.15) is 5.75 Å². The maximum absolute atomic E-state index is 12.7. The molecule has 0 saturated carbocycles. The van der Waals surface area contributed by atoms with E-state index in [9.17, 15) is 13.2 Å². The summed E-state index contributed by atoms with van der Waals surface area (Å²) in [5, 5.41) is 0. The van der Waals surface area contributed by atoms with Crippen molar-refractivity contribution in [3.8, 4) is 5.75 Å². The van der Waals surface area contributed by atoms with Gasteiger partial charge in [-0.3, -0.25) is 9.52 Å². The lowest BCUT2D eigenvalue weighted by atomic mass is 10.1. The lowest BCUT2D eigenvalue weighted by Gasteiger charge is -2.19. The van der Waals surface area contributed by atoms with Gasteiger partial charge in [0, 0.05) is 13.6 Å². The van der Waals surface area contributed by atoms with E-state index in [0.717, 1.165) is 17.6 Å². The topological polar surface area (TPSA) is 75.7 Å². The number of ether oxygens (including phenoxy) is 1. The molecule has 134 valence electrons. The SMILES string of the molecule is CCOc1ccc(CN(C)C(=O)c2ccccc2NS(C)(=O)=O)cc1. The maximum Gasteiger partial charge on any atom is 0.256 e. The van der Waals surface area contributed by atoms with E-state index >= 15 is 0 Å². The second kappa shape index (κ2) is 8.02. The number of sulfonamides is 1. The fraction of sp³-hybridized carbons (Fsp3) is 0.278. The predicted octanol–water partition coefficient (Wildman–Crippen LogP) is 2.73. The Balaban J connectivity index is 2.14. The van der Waals surface area contributed by atoms with Crippen molar-refractivity contribution in [2.75, 3.05) is 24.6 Å². The molecule has 0 bridgehead atoms. The highest BCUT2D eigenvalue weighted by atomic mass is 32.2. The van der Waals surface area contributed by atoms with E-state index in [4.69, 9.17) is 4.74 Å². The third-order valence-corrected chi connectivity index (χ3v) is 4.04. The Bertz CT molecular complexity index is 832. The van der Waals surface area contributed by atoms with Gasteiger partial charge >= 0.3 is 0 Å². The highest BCUT2D eigenvalue weighted by molar-refractivity contribution is 7.92. The molecule has 0 aromatic heterocycles. The van der Waals surface area contributed by atoms with Crippen LogP contribution in [0.3, 0.4) is 0 Å². The zero-order valence-corrected chi connectivity index (χ0v) is 15.3. The minimum absolute atomic E-state index is 0.263. The van der Waals surface area contributed by atoms with Crippen molar-refractivity contribution < 1.29 is 17.9 Å². The summed E-state index contributed by atoms with van der Waals surface area (Å²) in [6.07, 6.45) is 1.05. The minimum atomic E-state index is -3.46. The molecule has 0 saturated heterocycles. The van der Waals surface area contributed by atoms with Gasteiger partial charge in [-0.2, -0.15) is 0 Å². The molecule has 1 amide bonds. The van der Waals surface area contributed by atoms with Crippen LogP contribution in [-0.4, -0.2) is 39.1 Å². The largest absolute Gasteiger partial charge is 0.494 e. The van der Waals surface area contributed by atoms with Crippen molar-refractivity contribution in [1.29, 1.82) is 0 Å². The first kappa shape index (κ1) is 18.8. The molecular formula is C18H22N2O4S. The van der Waals surface area contributed by atoms with Crippen LogP contribution in [0.5, 0.6) is 5.75 Å². The molecule has 0 aliphatic carbocycles. The van der Waals surface area contributed by atoms with Crippen LogP contribution in [0.25, 0.3) is 0 Å². The van der Waals surface area contributed by atoms with Gasteiger partial charge in [-0.05, 0) is 36.8 Å². The average molecular weight is 362 g/mol. The number of para-hydroxylation sites is 1. The Kier molecular flexibility index (Phi) is 6.03. The van der Waals surface area contributed by atoms with Crippen LogP contribution >= 0.6 is 0 Å². The first-order valence-electron chi connectivity index (χ1n) is 7.84. The molecule has 7 heteroatoms. The van der Waals surface area contributed by atoms with E-state index in [2.05, 4.69) is 4.72 Å². The molecule has 0 unspecified atom stereocenters. The molecule has 2 aromatic rings. The third-order valence-electron chi connectivity index (χ3n) is 3.45. The third kappa shape index (κ3) is 5.49. The van der Waals surface area contributed by atoms with Gasteiger partial charge in [0.15, 0.2) is 0 Å². The summed E-state index contributed by atoms with van der Waals surface area (Å²) in [4.78, 5) is 14.2. The number of rotatable bonds is 7. The Hall–Kier alpha value is -2.54. The van der Waals surface area contributed by atoms with Crippen LogP contribution in [0, 0.1) is 0 Å². The molecule has 6 nitrogen and oxygen atoms in total. The molecule has 0 atom stereocenters. The summed E-state index contributed by atoms with van der Waals surface area (Å²) < 4.78 is 30.7. The number of hydrogen-bond acceptors (Lipinski definition) is 4. The smallest absolute Gasteiger partial charge is 0.256 e. The highest BCUT2D eigenvalue weighted by Crippen LogP contribution is 2.19. The lowest BCUT2D eigenvalue weighted by molar-refractivity contribution is 0.0786. The summed E-state index contributed by atoms with van der Waals surface area (Å²) in [6.45, 7) is 2.92. The Morgan fingerprint density at radius 2 is 1.76 bits per heavy atom. The van der Waals surface area contributed by atoms with Crippen LogP contribution in [0.1, 0.15) is 22.8 Å². The maximum atomic E-state index is 12.7. The van der Waals surface area contributed by atoms with E-state index in [-0.39, 0.29) is 11.6 Å².